The number of nitrogens with zero attached hydrogens (tertiary/aromatic N) is 2. The molecule has 0 aliphatic carbocycles. The molecule has 2 N–H and O–H groups in total. The molecule has 2 aromatic rings. The zero-order valence-electron chi connectivity index (χ0n) is 10.8. The summed E-state index contributed by atoms with van der Waals surface area (Å²) in [6.45, 7) is 2.24. The standard InChI is InChI=1S/C14H13N3O3/c1-9-2-3-10(6-15-9)7-17-13(18)11-4-5-12(14(19)20)16-8-11/h2-6,8H,7H2,1H3,(H,17,18)(H,19,20). The van der Waals surface area contributed by atoms with Crippen LogP contribution in [-0.2, 0) is 6.54 Å². The molecule has 0 unspecified atom stereocenters. The predicted octanol–water partition coefficient (Wildman–Crippen LogP) is 1.41. The average molecular weight is 271 g/mol. The number of aryl methyl sites for hydroxylation is 1. The number of carbonyl (C=O) groups excluding carboxylic acids is 1. The Hall–Kier alpha value is -2.76. The summed E-state index contributed by atoms with van der Waals surface area (Å²) >= 11 is 0. The molecule has 0 bridgehead atoms. The maximum Gasteiger partial charge on any atom is 0.354 e. The van der Waals surface area contributed by atoms with Crippen LogP contribution >= 0.6 is 0 Å². The number of hydrogen-bond acceptors (Lipinski definition) is 4. The van der Waals surface area contributed by atoms with E-state index < -0.39 is 5.97 Å². The van der Waals surface area contributed by atoms with Crippen LogP contribution in [0.2, 0.25) is 0 Å². The molecule has 0 spiro atoms. The summed E-state index contributed by atoms with van der Waals surface area (Å²) in [6, 6.07) is 6.48. The minimum absolute atomic E-state index is 0.0933. The molecule has 2 heterocycles. The van der Waals surface area contributed by atoms with Crippen molar-refractivity contribution in [1.29, 1.82) is 0 Å². The number of amides is 1. The number of aromatic carboxylic acids is 1. The van der Waals surface area contributed by atoms with Gasteiger partial charge < -0.3 is 10.4 Å². The average Bonchev–Trinajstić information content (AvgIpc) is 2.46. The Kier molecular flexibility index (Phi) is 4.05. The first-order chi connectivity index (χ1) is 9.56. The molecular formula is C14H13N3O3. The Morgan fingerprint density at radius 3 is 2.50 bits per heavy atom. The summed E-state index contributed by atoms with van der Waals surface area (Å²) in [7, 11) is 0. The van der Waals surface area contributed by atoms with E-state index in [0.29, 0.717) is 12.1 Å². The molecule has 0 radical (unpaired) electrons. The van der Waals surface area contributed by atoms with E-state index in [0.717, 1.165) is 11.3 Å². The van der Waals surface area contributed by atoms with Gasteiger partial charge in [0.05, 0.1) is 5.56 Å². The molecule has 2 aromatic heterocycles. The van der Waals surface area contributed by atoms with Gasteiger partial charge in [-0.1, -0.05) is 6.07 Å². The molecule has 0 saturated heterocycles. The zero-order chi connectivity index (χ0) is 14.5. The van der Waals surface area contributed by atoms with Gasteiger partial charge in [0.2, 0.25) is 0 Å². The molecule has 20 heavy (non-hydrogen) atoms. The van der Waals surface area contributed by atoms with E-state index in [9.17, 15) is 9.59 Å². The lowest BCUT2D eigenvalue weighted by atomic mass is 10.2. The van der Waals surface area contributed by atoms with Crippen molar-refractivity contribution in [3.8, 4) is 0 Å². The summed E-state index contributed by atoms with van der Waals surface area (Å²) in [5.41, 5.74) is 2.02. The predicted molar refractivity (Wildman–Crippen MR) is 71.3 cm³/mol. The maximum absolute atomic E-state index is 11.8. The number of aromatic nitrogens is 2. The minimum Gasteiger partial charge on any atom is -0.477 e. The number of nitrogens with one attached hydrogen (secondary N) is 1. The second-order valence-corrected chi connectivity index (χ2v) is 4.23. The molecular weight excluding hydrogens is 258 g/mol. The molecule has 6 nitrogen and oxygen atoms in total. The number of carboxylic acids is 1. The number of pyridine rings is 2. The van der Waals surface area contributed by atoms with Crippen molar-refractivity contribution in [2.45, 2.75) is 13.5 Å². The molecule has 0 aliphatic rings. The molecule has 1 amide bonds. The van der Waals surface area contributed by atoms with E-state index in [-0.39, 0.29) is 11.6 Å². The van der Waals surface area contributed by atoms with Gasteiger partial charge in [-0.05, 0) is 30.7 Å². The smallest absolute Gasteiger partial charge is 0.354 e. The van der Waals surface area contributed by atoms with Gasteiger partial charge in [0.15, 0.2) is 0 Å². The molecule has 0 saturated carbocycles. The fraction of sp³-hybridized carbons (Fsp3) is 0.143. The van der Waals surface area contributed by atoms with E-state index in [4.69, 9.17) is 5.11 Å². The SMILES string of the molecule is Cc1ccc(CNC(=O)c2ccc(C(=O)O)nc2)cn1. The monoisotopic (exact) mass is 271 g/mol. The van der Waals surface area contributed by atoms with E-state index in [1.807, 2.05) is 19.1 Å². The Morgan fingerprint density at radius 1 is 1.15 bits per heavy atom. The van der Waals surface area contributed by atoms with Crippen molar-refractivity contribution in [2.24, 2.45) is 0 Å². The topological polar surface area (TPSA) is 92.2 Å². The number of carbonyl (C=O) groups is 2. The van der Waals surface area contributed by atoms with E-state index in [1.165, 1.54) is 18.3 Å². The van der Waals surface area contributed by atoms with Crippen LogP contribution in [0.25, 0.3) is 0 Å². The van der Waals surface area contributed by atoms with Gasteiger partial charge in [-0.2, -0.15) is 0 Å². The minimum atomic E-state index is -1.12. The highest BCUT2D eigenvalue weighted by molar-refractivity contribution is 5.94. The molecule has 6 heteroatoms. The second-order valence-electron chi connectivity index (χ2n) is 4.23. The highest BCUT2D eigenvalue weighted by atomic mass is 16.4. The van der Waals surface area contributed by atoms with Crippen LogP contribution in [0.3, 0.4) is 0 Å². The fourth-order valence-electron chi connectivity index (χ4n) is 1.54. The first-order valence-electron chi connectivity index (χ1n) is 5.95. The molecule has 0 aliphatic heterocycles. The van der Waals surface area contributed by atoms with Gasteiger partial charge >= 0.3 is 5.97 Å². The third kappa shape index (κ3) is 3.38. The highest BCUT2D eigenvalue weighted by Gasteiger charge is 2.08. The normalized spacial score (nSPS) is 10.1. The largest absolute Gasteiger partial charge is 0.477 e. The Bertz CT molecular complexity index is 621. The van der Waals surface area contributed by atoms with Crippen LogP contribution < -0.4 is 5.32 Å². The molecule has 2 rings (SSSR count). The highest BCUT2D eigenvalue weighted by Crippen LogP contribution is 2.02. The van der Waals surface area contributed by atoms with Gasteiger partial charge in [0.1, 0.15) is 5.69 Å². The van der Waals surface area contributed by atoms with Crippen LogP contribution in [0, 0.1) is 6.92 Å². The first-order valence-corrected chi connectivity index (χ1v) is 5.95. The van der Waals surface area contributed by atoms with Crippen molar-refractivity contribution in [3.63, 3.8) is 0 Å². The van der Waals surface area contributed by atoms with Crippen LogP contribution in [0.4, 0.5) is 0 Å². The Morgan fingerprint density at radius 2 is 1.95 bits per heavy atom. The van der Waals surface area contributed by atoms with E-state index in [2.05, 4.69) is 15.3 Å². The van der Waals surface area contributed by atoms with E-state index in [1.54, 1.807) is 6.20 Å². The lowest BCUT2D eigenvalue weighted by Gasteiger charge is -2.05. The van der Waals surface area contributed by atoms with Gasteiger partial charge in [0.25, 0.3) is 5.91 Å². The Balaban J connectivity index is 1.97. The summed E-state index contributed by atoms with van der Waals surface area (Å²) in [6.07, 6.45) is 2.94. The van der Waals surface area contributed by atoms with Crippen LogP contribution in [0.15, 0.2) is 36.7 Å². The molecule has 0 fully saturated rings. The van der Waals surface area contributed by atoms with Crippen molar-refractivity contribution in [3.05, 3.63) is 59.2 Å². The summed E-state index contributed by atoms with van der Waals surface area (Å²) in [5, 5.41) is 11.4. The summed E-state index contributed by atoms with van der Waals surface area (Å²) in [4.78, 5) is 30.3. The van der Waals surface area contributed by atoms with Crippen molar-refractivity contribution < 1.29 is 14.7 Å². The fourth-order valence-corrected chi connectivity index (χ4v) is 1.54. The quantitative estimate of drug-likeness (QED) is 0.877. The third-order valence-electron chi connectivity index (χ3n) is 2.67. The molecule has 102 valence electrons. The van der Waals surface area contributed by atoms with E-state index >= 15 is 0 Å². The number of rotatable bonds is 4. The second kappa shape index (κ2) is 5.92. The zero-order valence-corrected chi connectivity index (χ0v) is 10.8. The lowest BCUT2D eigenvalue weighted by molar-refractivity contribution is 0.0689. The Labute approximate surface area is 115 Å². The van der Waals surface area contributed by atoms with Crippen molar-refractivity contribution in [2.75, 3.05) is 0 Å². The van der Waals surface area contributed by atoms with Gasteiger partial charge in [0, 0.05) is 24.6 Å². The van der Waals surface area contributed by atoms with Crippen molar-refractivity contribution in [1.82, 2.24) is 15.3 Å². The van der Waals surface area contributed by atoms with Crippen LogP contribution in [0.5, 0.6) is 0 Å². The van der Waals surface area contributed by atoms with Crippen LogP contribution in [0.1, 0.15) is 32.1 Å². The maximum atomic E-state index is 11.8. The molecule has 0 aromatic carbocycles. The van der Waals surface area contributed by atoms with Crippen LogP contribution in [-0.4, -0.2) is 27.0 Å². The first kappa shape index (κ1) is 13.7. The number of carboxylic acid groups (broad SMARTS) is 1. The summed E-state index contributed by atoms with van der Waals surface area (Å²) in [5.74, 6) is -1.43. The van der Waals surface area contributed by atoms with Gasteiger partial charge in [-0.15, -0.1) is 0 Å². The molecule has 0 atom stereocenters. The van der Waals surface area contributed by atoms with Gasteiger partial charge in [-0.3, -0.25) is 9.78 Å². The lowest BCUT2D eigenvalue weighted by Crippen LogP contribution is -2.23. The number of hydrogen-bond donors (Lipinski definition) is 2. The van der Waals surface area contributed by atoms with Crippen molar-refractivity contribution >= 4 is 11.9 Å². The summed E-state index contributed by atoms with van der Waals surface area (Å²) < 4.78 is 0. The third-order valence-corrected chi connectivity index (χ3v) is 2.67. The van der Waals surface area contributed by atoms with Gasteiger partial charge in [-0.25, -0.2) is 9.78 Å².